The number of piperidine rings is 1. The Morgan fingerprint density at radius 2 is 1.83 bits per heavy atom. The van der Waals surface area contributed by atoms with Gasteiger partial charge in [0.25, 0.3) is 10.0 Å². The number of likely N-dealkylation sites (N-methyl/N-ethyl adjacent to an activating group) is 1. The molecule has 2 aromatic rings. The quantitative estimate of drug-likeness (QED) is 0.641. The van der Waals surface area contributed by atoms with Crippen LogP contribution in [0.5, 0.6) is 0 Å². The Morgan fingerprint density at radius 3 is 2.47 bits per heavy atom. The van der Waals surface area contributed by atoms with Gasteiger partial charge in [0, 0.05) is 25.8 Å². The van der Waals surface area contributed by atoms with E-state index in [4.69, 9.17) is 11.6 Å². The fourth-order valence-electron chi connectivity index (χ4n) is 3.07. The van der Waals surface area contributed by atoms with Gasteiger partial charge in [0.1, 0.15) is 4.21 Å². The van der Waals surface area contributed by atoms with Crippen LogP contribution in [0.2, 0.25) is 4.34 Å². The summed E-state index contributed by atoms with van der Waals surface area (Å²) in [6, 6.07) is 8.82. The zero-order valence-electron chi connectivity index (χ0n) is 16.2. The summed E-state index contributed by atoms with van der Waals surface area (Å²) in [5.41, 5.74) is 0.281. The Hall–Kier alpha value is -1.50. The van der Waals surface area contributed by atoms with E-state index in [-0.39, 0.29) is 14.8 Å². The van der Waals surface area contributed by atoms with Crippen LogP contribution in [-0.2, 0) is 24.8 Å². The van der Waals surface area contributed by atoms with Crippen molar-refractivity contribution >= 4 is 54.6 Å². The number of halogens is 1. The lowest BCUT2D eigenvalue weighted by atomic mass is 10.2. The molecule has 1 aliphatic rings. The van der Waals surface area contributed by atoms with E-state index in [0.29, 0.717) is 17.4 Å². The van der Waals surface area contributed by atoms with E-state index in [2.05, 4.69) is 5.32 Å². The predicted octanol–water partition coefficient (Wildman–Crippen LogP) is 2.84. The number of nitrogens with one attached hydrogen (secondary N) is 1. The molecule has 0 aliphatic carbocycles. The fourth-order valence-corrected chi connectivity index (χ4v) is 7.45. The van der Waals surface area contributed by atoms with Crippen molar-refractivity contribution in [1.82, 2.24) is 8.61 Å². The van der Waals surface area contributed by atoms with Crippen LogP contribution in [0.15, 0.2) is 45.5 Å². The van der Waals surface area contributed by atoms with E-state index < -0.39 is 32.5 Å². The maximum Gasteiger partial charge on any atom is 0.252 e. The molecule has 30 heavy (non-hydrogen) atoms. The lowest BCUT2D eigenvalue weighted by Gasteiger charge is -2.26. The first-order valence-electron chi connectivity index (χ1n) is 9.22. The van der Waals surface area contributed by atoms with Crippen LogP contribution < -0.4 is 5.32 Å². The average Bonchev–Trinajstić information content (AvgIpc) is 3.16. The molecule has 0 spiro atoms. The number of benzene rings is 1. The zero-order chi connectivity index (χ0) is 21.9. The van der Waals surface area contributed by atoms with Crippen LogP contribution in [-0.4, -0.2) is 58.0 Å². The van der Waals surface area contributed by atoms with Crippen molar-refractivity contribution in [2.75, 3.05) is 32.0 Å². The average molecular weight is 492 g/mol. The van der Waals surface area contributed by atoms with Gasteiger partial charge < -0.3 is 5.32 Å². The number of rotatable bonds is 7. The molecule has 1 aromatic heterocycles. The summed E-state index contributed by atoms with van der Waals surface area (Å²) in [6.07, 6.45) is 2.66. The third-order valence-corrected chi connectivity index (χ3v) is 10.0. The summed E-state index contributed by atoms with van der Waals surface area (Å²) in [6.45, 7) is 0.531. The standard InChI is InChI=1S/C18H22ClN3O5S3/c1-21(30(26,27)18-9-8-16(19)28-18)13-17(23)20-14-6-5-7-15(12-14)29(24,25)22-10-3-2-4-11-22/h5-9,12H,2-4,10-11,13H2,1H3,(H,20,23). The van der Waals surface area contributed by atoms with Crippen molar-refractivity contribution in [3.8, 4) is 0 Å². The third-order valence-electron chi connectivity index (χ3n) is 4.65. The highest BCUT2D eigenvalue weighted by Crippen LogP contribution is 2.27. The largest absolute Gasteiger partial charge is 0.325 e. The topological polar surface area (TPSA) is 104 Å². The van der Waals surface area contributed by atoms with Gasteiger partial charge in [0.05, 0.1) is 15.8 Å². The Balaban J connectivity index is 1.69. The predicted molar refractivity (Wildman–Crippen MR) is 117 cm³/mol. The SMILES string of the molecule is CN(CC(=O)Nc1cccc(S(=O)(=O)N2CCCCC2)c1)S(=O)(=O)c1ccc(Cl)s1. The van der Waals surface area contributed by atoms with Crippen LogP contribution in [0, 0.1) is 0 Å². The molecule has 0 radical (unpaired) electrons. The summed E-state index contributed by atoms with van der Waals surface area (Å²) < 4.78 is 53.4. The molecule has 0 saturated carbocycles. The Labute approximate surface area is 185 Å². The van der Waals surface area contributed by atoms with Crippen molar-refractivity contribution in [1.29, 1.82) is 0 Å². The van der Waals surface area contributed by atoms with Crippen molar-refractivity contribution in [3.63, 3.8) is 0 Å². The maximum absolute atomic E-state index is 12.8. The second-order valence-corrected chi connectivity index (χ2v) is 12.8. The number of thiophene rings is 1. The summed E-state index contributed by atoms with van der Waals surface area (Å²) >= 11 is 6.70. The molecule has 164 valence electrons. The molecule has 1 N–H and O–H groups in total. The number of hydrogen-bond donors (Lipinski definition) is 1. The molecule has 0 bridgehead atoms. The lowest BCUT2D eigenvalue weighted by molar-refractivity contribution is -0.116. The molecular weight excluding hydrogens is 470 g/mol. The molecule has 12 heteroatoms. The number of anilines is 1. The van der Waals surface area contributed by atoms with Gasteiger partial charge in [-0.05, 0) is 43.2 Å². The summed E-state index contributed by atoms with van der Waals surface area (Å²) in [4.78, 5) is 12.5. The van der Waals surface area contributed by atoms with Crippen molar-refractivity contribution in [2.24, 2.45) is 0 Å². The van der Waals surface area contributed by atoms with Crippen molar-refractivity contribution < 1.29 is 21.6 Å². The number of carbonyl (C=O) groups is 1. The number of amides is 1. The fraction of sp³-hybridized carbons (Fsp3) is 0.389. The van der Waals surface area contributed by atoms with Crippen molar-refractivity contribution in [3.05, 3.63) is 40.7 Å². The van der Waals surface area contributed by atoms with Gasteiger partial charge in [-0.1, -0.05) is 24.1 Å². The van der Waals surface area contributed by atoms with Gasteiger partial charge in [-0.3, -0.25) is 4.79 Å². The molecule has 2 heterocycles. The van der Waals surface area contributed by atoms with E-state index in [0.717, 1.165) is 34.9 Å². The molecule has 8 nitrogen and oxygen atoms in total. The molecule has 1 amide bonds. The van der Waals surface area contributed by atoms with Gasteiger partial charge in [0.15, 0.2) is 0 Å². The van der Waals surface area contributed by atoms with E-state index in [1.54, 1.807) is 12.1 Å². The van der Waals surface area contributed by atoms with E-state index in [1.165, 1.54) is 35.6 Å². The molecule has 1 aliphatic heterocycles. The first-order chi connectivity index (χ1) is 14.1. The first-order valence-corrected chi connectivity index (χ1v) is 13.3. The maximum atomic E-state index is 12.8. The summed E-state index contributed by atoms with van der Waals surface area (Å²) in [5, 5.41) is 2.57. The number of hydrogen-bond acceptors (Lipinski definition) is 6. The van der Waals surface area contributed by atoms with Gasteiger partial charge in [0.2, 0.25) is 15.9 Å². The molecular formula is C18H22ClN3O5S3. The Kier molecular flexibility index (Phi) is 7.20. The number of carbonyl (C=O) groups excluding carboxylic acids is 1. The van der Waals surface area contributed by atoms with E-state index >= 15 is 0 Å². The second kappa shape index (κ2) is 9.33. The second-order valence-electron chi connectivity index (χ2n) is 6.86. The van der Waals surface area contributed by atoms with Gasteiger partial charge in [-0.2, -0.15) is 8.61 Å². The van der Waals surface area contributed by atoms with Gasteiger partial charge in [-0.25, -0.2) is 16.8 Å². The lowest BCUT2D eigenvalue weighted by Crippen LogP contribution is -2.36. The minimum absolute atomic E-state index is 0.0393. The number of sulfonamides is 2. The molecule has 1 aromatic carbocycles. The van der Waals surface area contributed by atoms with Crippen LogP contribution in [0.25, 0.3) is 0 Å². The monoisotopic (exact) mass is 491 g/mol. The molecule has 3 rings (SSSR count). The van der Waals surface area contributed by atoms with E-state index in [1.807, 2.05) is 0 Å². The van der Waals surface area contributed by atoms with Crippen LogP contribution in [0.3, 0.4) is 0 Å². The molecule has 1 saturated heterocycles. The van der Waals surface area contributed by atoms with Crippen LogP contribution in [0.4, 0.5) is 5.69 Å². The van der Waals surface area contributed by atoms with Gasteiger partial charge >= 0.3 is 0 Å². The smallest absolute Gasteiger partial charge is 0.252 e. The highest BCUT2D eigenvalue weighted by atomic mass is 35.5. The number of nitrogens with zero attached hydrogens (tertiary/aromatic N) is 2. The molecule has 0 unspecified atom stereocenters. The normalized spacial score (nSPS) is 16.0. The minimum Gasteiger partial charge on any atom is -0.325 e. The molecule has 0 atom stereocenters. The Bertz CT molecular complexity index is 1130. The zero-order valence-corrected chi connectivity index (χ0v) is 19.5. The van der Waals surface area contributed by atoms with Crippen molar-refractivity contribution in [2.45, 2.75) is 28.4 Å². The molecule has 1 fully saturated rings. The first kappa shape index (κ1) is 23.2. The highest BCUT2D eigenvalue weighted by Gasteiger charge is 2.27. The van der Waals surface area contributed by atoms with Crippen LogP contribution >= 0.6 is 22.9 Å². The third kappa shape index (κ3) is 5.21. The summed E-state index contributed by atoms with van der Waals surface area (Å²) in [5.74, 6) is -0.587. The minimum atomic E-state index is -3.85. The van der Waals surface area contributed by atoms with Gasteiger partial charge in [-0.15, -0.1) is 11.3 Å². The Morgan fingerprint density at radius 1 is 1.13 bits per heavy atom. The highest BCUT2D eigenvalue weighted by molar-refractivity contribution is 7.91. The van der Waals surface area contributed by atoms with E-state index in [9.17, 15) is 21.6 Å². The van der Waals surface area contributed by atoms with Crippen LogP contribution in [0.1, 0.15) is 19.3 Å². The summed E-state index contributed by atoms with van der Waals surface area (Å²) in [7, 11) is -6.19.